The summed E-state index contributed by atoms with van der Waals surface area (Å²) in [6.07, 6.45) is 0. The van der Waals surface area contributed by atoms with Gasteiger partial charge in [-0.25, -0.2) is 13.2 Å². The number of carbonyl (C=O) groups is 1. The largest absolute Gasteiger partial charge is 0.465 e. The van der Waals surface area contributed by atoms with Crippen molar-refractivity contribution in [3.63, 3.8) is 0 Å². The van der Waals surface area contributed by atoms with Crippen molar-refractivity contribution in [3.05, 3.63) is 29.3 Å². The molecule has 1 aromatic rings. The van der Waals surface area contributed by atoms with Gasteiger partial charge < -0.3 is 4.74 Å². The number of carbonyl (C=O) groups excluding carboxylic acids is 1. The Bertz CT molecular complexity index is 521. The number of rotatable bonds is 1. The molecule has 2 rings (SSSR count). The molecule has 0 unspecified atom stereocenters. The van der Waals surface area contributed by atoms with Crippen LogP contribution >= 0.6 is 0 Å². The Morgan fingerprint density at radius 1 is 1.47 bits per heavy atom. The summed E-state index contributed by atoms with van der Waals surface area (Å²) in [5.41, 5.74) is 1.46. The van der Waals surface area contributed by atoms with Crippen LogP contribution in [0.1, 0.15) is 15.9 Å². The first kappa shape index (κ1) is 9.97. The van der Waals surface area contributed by atoms with Crippen molar-refractivity contribution in [2.24, 2.45) is 0 Å². The number of ether oxygens (including phenoxy) is 1. The highest BCUT2D eigenvalue weighted by molar-refractivity contribution is 7.92. The van der Waals surface area contributed by atoms with Crippen LogP contribution in [0.2, 0.25) is 0 Å². The SMILES string of the molecule is COC(=O)c1ccc2c(c1)NS(=O)(=O)C2. The van der Waals surface area contributed by atoms with Gasteiger partial charge in [0.05, 0.1) is 24.1 Å². The molecule has 80 valence electrons. The van der Waals surface area contributed by atoms with E-state index in [0.717, 1.165) is 0 Å². The molecule has 0 atom stereocenters. The van der Waals surface area contributed by atoms with Crippen molar-refractivity contribution in [3.8, 4) is 0 Å². The molecule has 1 aliphatic heterocycles. The Labute approximate surface area is 87.1 Å². The van der Waals surface area contributed by atoms with E-state index in [2.05, 4.69) is 9.46 Å². The van der Waals surface area contributed by atoms with E-state index >= 15 is 0 Å². The van der Waals surface area contributed by atoms with Gasteiger partial charge in [-0.15, -0.1) is 0 Å². The number of fused-ring (bicyclic) bond motifs is 1. The summed E-state index contributed by atoms with van der Waals surface area (Å²) >= 11 is 0. The fraction of sp³-hybridized carbons (Fsp3) is 0.222. The number of nitrogens with one attached hydrogen (secondary N) is 1. The number of esters is 1. The maximum Gasteiger partial charge on any atom is 0.337 e. The molecule has 5 nitrogen and oxygen atoms in total. The molecule has 1 N–H and O–H groups in total. The molecule has 0 fully saturated rings. The van der Waals surface area contributed by atoms with E-state index in [1.165, 1.54) is 13.2 Å². The fourth-order valence-electron chi connectivity index (χ4n) is 1.45. The second-order valence-electron chi connectivity index (χ2n) is 3.22. The minimum atomic E-state index is -3.26. The van der Waals surface area contributed by atoms with Gasteiger partial charge in [0.15, 0.2) is 0 Å². The molecule has 1 aliphatic rings. The molecule has 15 heavy (non-hydrogen) atoms. The van der Waals surface area contributed by atoms with Gasteiger partial charge in [-0.05, 0) is 17.7 Å². The lowest BCUT2D eigenvalue weighted by atomic mass is 10.1. The maximum absolute atomic E-state index is 11.2. The third kappa shape index (κ3) is 1.80. The normalized spacial score (nSPS) is 16.6. The predicted molar refractivity (Wildman–Crippen MR) is 54.0 cm³/mol. The van der Waals surface area contributed by atoms with Gasteiger partial charge in [0.2, 0.25) is 10.0 Å². The minimum absolute atomic E-state index is 0.0379. The number of anilines is 1. The summed E-state index contributed by atoms with van der Waals surface area (Å²) < 4.78 is 29.3. The lowest BCUT2D eigenvalue weighted by Crippen LogP contribution is -2.05. The quantitative estimate of drug-likeness (QED) is 0.718. The Hall–Kier alpha value is -1.56. The van der Waals surface area contributed by atoms with Gasteiger partial charge >= 0.3 is 5.97 Å². The number of sulfonamides is 1. The van der Waals surface area contributed by atoms with Crippen molar-refractivity contribution in [1.82, 2.24) is 0 Å². The van der Waals surface area contributed by atoms with Crippen molar-refractivity contribution >= 4 is 21.7 Å². The van der Waals surface area contributed by atoms with Gasteiger partial charge in [0.1, 0.15) is 0 Å². The van der Waals surface area contributed by atoms with Crippen LogP contribution < -0.4 is 4.72 Å². The van der Waals surface area contributed by atoms with Gasteiger partial charge in [0.25, 0.3) is 0 Å². The van der Waals surface area contributed by atoms with Crippen LogP contribution in [0.3, 0.4) is 0 Å². The van der Waals surface area contributed by atoms with Crippen LogP contribution in [0.4, 0.5) is 5.69 Å². The molecule has 0 saturated carbocycles. The van der Waals surface area contributed by atoms with Gasteiger partial charge in [-0.2, -0.15) is 0 Å². The zero-order chi connectivity index (χ0) is 11.1. The Kier molecular flexibility index (Phi) is 2.15. The lowest BCUT2D eigenvalue weighted by Gasteiger charge is -2.01. The molecule has 0 bridgehead atoms. The zero-order valence-electron chi connectivity index (χ0n) is 7.98. The summed E-state index contributed by atoms with van der Waals surface area (Å²) in [4.78, 5) is 11.2. The van der Waals surface area contributed by atoms with E-state index in [1.54, 1.807) is 12.1 Å². The van der Waals surface area contributed by atoms with Gasteiger partial charge in [0, 0.05) is 0 Å². The van der Waals surface area contributed by atoms with Gasteiger partial charge in [-0.1, -0.05) is 6.07 Å². The van der Waals surface area contributed by atoms with E-state index in [1.807, 2.05) is 0 Å². The second-order valence-corrected chi connectivity index (χ2v) is 4.95. The number of benzene rings is 1. The van der Waals surface area contributed by atoms with Crippen molar-refractivity contribution in [1.29, 1.82) is 0 Å². The van der Waals surface area contributed by atoms with E-state index in [-0.39, 0.29) is 5.75 Å². The van der Waals surface area contributed by atoms with Crippen molar-refractivity contribution in [2.75, 3.05) is 11.8 Å². The summed E-state index contributed by atoms with van der Waals surface area (Å²) in [5.74, 6) is -0.520. The Morgan fingerprint density at radius 3 is 2.87 bits per heavy atom. The fourth-order valence-corrected chi connectivity index (χ4v) is 2.71. The third-order valence-corrected chi connectivity index (χ3v) is 3.36. The monoisotopic (exact) mass is 227 g/mol. The van der Waals surface area contributed by atoms with Crippen LogP contribution in [0, 0.1) is 0 Å². The lowest BCUT2D eigenvalue weighted by molar-refractivity contribution is 0.0601. The zero-order valence-corrected chi connectivity index (χ0v) is 8.80. The third-order valence-electron chi connectivity index (χ3n) is 2.14. The first-order valence-electron chi connectivity index (χ1n) is 4.23. The average molecular weight is 227 g/mol. The molecule has 0 saturated heterocycles. The second kappa shape index (κ2) is 3.23. The minimum Gasteiger partial charge on any atom is -0.465 e. The topological polar surface area (TPSA) is 72.5 Å². The van der Waals surface area contributed by atoms with Crippen LogP contribution in [-0.2, 0) is 20.5 Å². The molecule has 6 heteroatoms. The molecule has 0 radical (unpaired) electrons. The molecular formula is C9H9NO4S. The molecule has 1 heterocycles. The molecule has 0 aromatic heterocycles. The molecular weight excluding hydrogens is 218 g/mol. The summed E-state index contributed by atoms with van der Waals surface area (Å²) in [6.45, 7) is 0. The highest BCUT2D eigenvalue weighted by atomic mass is 32.2. The number of hydrogen-bond donors (Lipinski definition) is 1. The first-order valence-corrected chi connectivity index (χ1v) is 5.89. The Morgan fingerprint density at radius 2 is 2.20 bits per heavy atom. The summed E-state index contributed by atoms with van der Waals surface area (Å²) in [7, 11) is -1.98. The summed E-state index contributed by atoms with van der Waals surface area (Å²) in [6, 6.07) is 4.64. The molecule has 0 spiro atoms. The average Bonchev–Trinajstić information content (AvgIpc) is 2.49. The first-order chi connectivity index (χ1) is 7.02. The van der Waals surface area contributed by atoms with Crippen molar-refractivity contribution < 1.29 is 17.9 Å². The number of methoxy groups -OCH3 is 1. The predicted octanol–water partition coefficient (Wildman–Crippen LogP) is 0.729. The molecule has 1 aromatic carbocycles. The highest BCUT2D eigenvalue weighted by Crippen LogP contribution is 2.27. The summed E-state index contributed by atoms with van der Waals surface area (Å²) in [5, 5.41) is 0. The maximum atomic E-state index is 11.2. The van der Waals surface area contributed by atoms with Crippen LogP contribution in [0.15, 0.2) is 18.2 Å². The van der Waals surface area contributed by atoms with Crippen LogP contribution in [0.5, 0.6) is 0 Å². The molecule has 0 amide bonds. The molecule has 0 aliphatic carbocycles. The standard InChI is InChI=1S/C9H9NO4S/c1-14-9(11)6-2-3-7-5-15(12,13)10-8(7)4-6/h2-4,10H,5H2,1H3. The van der Waals surface area contributed by atoms with E-state index < -0.39 is 16.0 Å². The van der Waals surface area contributed by atoms with Crippen molar-refractivity contribution in [2.45, 2.75) is 5.75 Å². The Balaban J connectivity index is 2.43. The van der Waals surface area contributed by atoms with E-state index in [0.29, 0.717) is 16.8 Å². The highest BCUT2D eigenvalue weighted by Gasteiger charge is 2.24. The van der Waals surface area contributed by atoms with Crippen LogP contribution in [0.25, 0.3) is 0 Å². The van der Waals surface area contributed by atoms with E-state index in [4.69, 9.17) is 0 Å². The van der Waals surface area contributed by atoms with Gasteiger partial charge in [-0.3, -0.25) is 4.72 Å². The number of hydrogen-bond acceptors (Lipinski definition) is 4. The smallest absolute Gasteiger partial charge is 0.337 e. The van der Waals surface area contributed by atoms with Crippen LogP contribution in [-0.4, -0.2) is 21.5 Å². The van der Waals surface area contributed by atoms with E-state index in [9.17, 15) is 13.2 Å².